The summed E-state index contributed by atoms with van der Waals surface area (Å²) in [6, 6.07) is 0. The van der Waals surface area contributed by atoms with Crippen molar-refractivity contribution < 1.29 is 14.3 Å². The van der Waals surface area contributed by atoms with Crippen LogP contribution in [-0.2, 0) is 14.3 Å². The van der Waals surface area contributed by atoms with Gasteiger partial charge in [0.1, 0.15) is 5.78 Å². The minimum atomic E-state index is -0.421. The molecule has 0 saturated heterocycles. The van der Waals surface area contributed by atoms with Gasteiger partial charge in [-0.1, -0.05) is 18.9 Å². The second-order valence-electron chi connectivity index (χ2n) is 5.28. The van der Waals surface area contributed by atoms with Crippen LogP contribution in [-0.4, -0.2) is 32.8 Å². The molecule has 1 fully saturated rings. The molecule has 1 N–H and O–H groups in total. The van der Waals surface area contributed by atoms with Crippen LogP contribution in [0.25, 0.3) is 0 Å². The van der Waals surface area contributed by atoms with Gasteiger partial charge in [-0.15, -0.1) is 0 Å². The van der Waals surface area contributed by atoms with Crippen molar-refractivity contribution in [3.63, 3.8) is 0 Å². The number of nitrogens with one attached hydrogen (secondary N) is 1. The topological polar surface area (TPSA) is 47.6 Å². The third kappa shape index (κ3) is 5.29. The number of methoxy groups -OCH3 is 1. The molecule has 0 heterocycles. The van der Waals surface area contributed by atoms with Crippen LogP contribution in [0.2, 0.25) is 0 Å². The number of ketones is 1. The predicted octanol–water partition coefficient (Wildman–Crippen LogP) is 3.19. The molecular formula is C17H29NO3. The predicted molar refractivity (Wildman–Crippen MR) is 84.9 cm³/mol. The zero-order chi connectivity index (χ0) is 15.7. The molecule has 0 spiro atoms. The quantitative estimate of drug-likeness (QED) is 0.445. The molecule has 120 valence electrons. The highest BCUT2D eigenvalue weighted by atomic mass is 16.7. The zero-order valence-corrected chi connectivity index (χ0v) is 13.8. The van der Waals surface area contributed by atoms with Crippen LogP contribution in [0.1, 0.15) is 46.0 Å². The van der Waals surface area contributed by atoms with Gasteiger partial charge >= 0.3 is 0 Å². The Kier molecular flexibility index (Phi) is 8.31. The van der Waals surface area contributed by atoms with E-state index in [1.54, 1.807) is 7.11 Å². The Morgan fingerprint density at radius 3 is 2.76 bits per heavy atom. The molecule has 2 unspecified atom stereocenters. The van der Waals surface area contributed by atoms with E-state index in [0.29, 0.717) is 18.8 Å². The van der Waals surface area contributed by atoms with Crippen molar-refractivity contribution in [2.24, 2.45) is 5.92 Å². The van der Waals surface area contributed by atoms with Gasteiger partial charge in [-0.25, -0.2) is 0 Å². The molecular weight excluding hydrogens is 266 g/mol. The van der Waals surface area contributed by atoms with E-state index in [2.05, 4.69) is 5.32 Å². The second kappa shape index (κ2) is 9.74. The van der Waals surface area contributed by atoms with E-state index < -0.39 is 6.29 Å². The van der Waals surface area contributed by atoms with E-state index in [4.69, 9.17) is 9.47 Å². The van der Waals surface area contributed by atoms with Gasteiger partial charge in [-0.05, 0) is 38.3 Å². The molecule has 0 aromatic carbocycles. The monoisotopic (exact) mass is 295 g/mol. The average molecular weight is 295 g/mol. The minimum absolute atomic E-state index is 0.0139. The molecule has 1 saturated carbocycles. The van der Waals surface area contributed by atoms with Crippen LogP contribution in [0.4, 0.5) is 0 Å². The molecule has 1 rings (SSSR count). The van der Waals surface area contributed by atoms with Gasteiger partial charge in [0.25, 0.3) is 0 Å². The Morgan fingerprint density at radius 2 is 2.19 bits per heavy atom. The van der Waals surface area contributed by atoms with Crippen molar-refractivity contribution >= 4 is 5.78 Å². The van der Waals surface area contributed by atoms with Crippen molar-refractivity contribution in [1.82, 2.24) is 5.32 Å². The molecule has 1 aliphatic rings. The molecule has 21 heavy (non-hydrogen) atoms. The summed E-state index contributed by atoms with van der Waals surface area (Å²) in [7, 11) is 3.47. The maximum atomic E-state index is 12.3. The highest BCUT2D eigenvalue weighted by Gasteiger charge is 2.24. The van der Waals surface area contributed by atoms with E-state index in [1.165, 1.54) is 0 Å². The third-order valence-corrected chi connectivity index (χ3v) is 3.94. The minimum Gasteiger partial charge on any atom is -0.387 e. The van der Waals surface area contributed by atoms with E-state index in [1.807, 2.05) is 33.0 Å². The number of allylic oxidation sites excluding steroid dienone is 3. The van der Waals surface area contributed by atoms with Crippen LogP contribution < -0.4 is 5.32 Å². The normalized spacial score (nSPS) is 22.9. The number of likely N-dealkylation sites (N-methyl/N-ethyl adjacent to an activating group) is 1. The Bertz CT molecular complexity index is 387. The van der Waals surface area contributed by atoms with Crippen molar-refractivity contribution in [2.75, 3.05) is 20.8 Å². The van der Waals surface area contributed by atoms with Crippen LogP contribution in [0.3, 0.4) is 0 Å². The van der Waals surface area contributed by atoms with Crippen LogP contribution in [0.5, 0.6) is 0 Å². The largest absolute Gasteiger partial charge is 0.387 e. The summed E-state index contributed by atoms with van der Waals surface area (Å²) in [5.74, 6) is 0.373. The third-order valence-electron chi connectivity index (χ3n) is 3.94. The molecule has 1 aliphatic carbocycles. The molecule has 0 aromatic rings. The van der Waals surface area contributed by atoms with Crippen molar-refractivity contribution in [2.45, 2.75) is 52.2 Å². The smallest absolute Gasteiger partial charge is 0.198 e. The number of hydrogen-bond acceptors (Lipinski definition) is 4. The molecule has 4 nitrogen and oxygen atoms in total. The Balaban J connectivity index is 2.95. The standard InChI is InChI=1S/C17H29NO3/c1-5-13(14-10-8-7-9-11-16(14)19)12-15(18-3)17(20-4)21-6-2/h5,12,14,17-18H,6-11H2,1-4H3/b13-5+,15-12-. The summed E-state index contributed by atoms with van der Waals surface area (Å²) in [5, 5.41) is 3.13. The Morgan fingerprint density at radius 1 is 1.43 bits per heavy atom. The van der Waals surface area contributed by atoms with Crippen LogP contribution >= 0.6 is 0 Å². The second-order valence-corrected chi connectivity index (χ2v) is 5.28. The Labute approximate surface area is 128 Å². The summed E-state index contributed by atoms with van der Waals surface area (Å²) >= 11 is 0. The zero-order valence-electron chi connectivity index (χ0n) is 13.8. The fourth-order valence-electron chi connectivity index (χ4n) is 2.77. The lowest BCUT2D eigenvalue weighted by Gasteiger charge is -2.21. The van der Waals surface area contributed by atoms with E-state index >= 15 is 0 Å². The number of ether oxygens (including phenoxy) is 2. The molecule has 0 radical (unpaired) electrons. The molecule has 0 bridgehead atoms. The van der Waals surface area contributed by atoms with Gasteiger partial charge in [0.05, 0.1) is 5.70 Å². The first kappa shape index (κ1) is 17.9. The Hall–Kier alpha value is -1.13. The number of rotatable bonds is 7. The van der Waals surface area contributed by atoms with E-state index in [0.717, 1.165) is 37.0 Å². The summed E-state index contributed by atoms with van der Waals surface area (Å²) in [6.45, 7) is 4.50. The number of carbonyl (C=O) groups is 1. The van der Waals surface area contributed by atoms with Gasteiger partial charge in [0.2, 0.25) is 0 Å². The van der Waals surface area contributed by atoms with Gasteiger partial charge in [-0.3, -0.25) is 4.79 Å². The number of hydrogen-bond donors (Lipinski definition) is 1. The van der Waals surface area contributed by atoms with Gasteiger partial charge < -0.3 is 14.8 Å². The summed E-state index contributed by atoms with van der Waals surface area (Å²) in [6.07, 6.45) is 8.56. The van der Waals surface area contributed by atoms with E-state index in [9.17, 15) is 4.79 Å². The van der Waals surface area contributed by atoms with Crippen molar-refractivity contribution in [3.8, 4) is 0 Å². The number of carbonyl (C=O) groups excluding carboxylic acids is 1. The summed E-state index contributed by atoms with van der Waals surface area (Å²) in [5.41, 5.74) is 1.91. The first-order valence-electron chi connectivity index (χ1n) is 7.90. The number of Topliss-reactive ketones (excluding diaryl/α,β-unsaturated/α-hetero) is 1. The molecule has 0 aliphatic heterocycles. The van der Waals surface area contributed by atoms with Crippen molar-refractivity contribution in [3.05, 3.63) is 23.4 Å². The fraction of sp³-hybridized carbons (Fsp3) is 0.706. The van der Waals surface area contributed by atoms with Crippen LogP contribution in [0.15, 0.2) is 23.4 Å². The average Bonchev–Trinajstić information content (AvgIpc) is 2.71. The molecule has 0 amide bonds. The highest BCUT2D eigenvalue weighted by Crippen LogP contribution is 2.28. The molecule has 2 atom stereocenters. The lowest BCUT2D eigenvalue weighted by atomic mass is 9.89. The van der Waals surface area contributed by atoms with Gasteiger partial charge in [-0.2, -0.15) is 0 Å². The lowest BCUT2D eigenvalue weighted by molar-refractivity contribution is -0.121. The molecule has 4 heteroatoms. The highest BCUT2D eigenvalue weighted by molar-refractivity contribution is 5.84. The van der Waals surface area contributed by atoms with Gasteiger partial charge in [0.15, 0.2) is 6.29 Å². The maximum absolute atomic E-state index is 12.3. The first-order chi connectivity index (χ1) is 10.2. The SMILES string of the molecule is C/C=C(\C=C(/NC)C(OC)OCC)C1CCCCCC1=O. The van der Waals surface area contributed by atoms with Crippen LogP contribution in [0, 0.1) is 5.92 Å². The molecule has 0 aromatic heterocycles. The van der Waals surface area contributed by atoms with Gasteiger partial charge in [0, 0.05) is 33.1 Å². The lowest BCUT2D eigenvalue weighted by Crippen LogP contribution is -2.27. The summed E-state index contributed by atoms with van der Waals surface area (Å²) in [4.78, 5) is 12.3. The van der Waals surface area contributed by atoms with Crippen molar-refractivity contribution in [1.29, 1.82) is 0 Å². The first-order valence-corrected chi connectivity index (χ1v) is 7.90. The maximum Gasteiger partial charge on any atom is 0.198 e. The van der Waals surface area contributed by atoms with E-state index in [-0.39, 0.29) is 5.92 Å². The summed E-state index contributed by atoms with van der Waals surface area (Å²) < 4.78 is 10.9. The fourth-order valence-corrected chi connectivity index (χ4v) is 2.77.